The van der Waals surface area contributed by atoms with Gasteiger partial charge in [-0.3, -0.25) is 0 Å². The molecule has 0 aromatic carbocycles. The molecule has 1 aliphatic rings. The van der Waals surface area contributed by atoms with Gasteiger partial charge in [0.05, 0.1) is 12.4 Å². The van der Waals surface area contributed by atoms with Crippen molar-refractivity contribution >= 4 is 0 Å². The summed E-state index contributed by atoms with van der Waals surface area (Å²) in [5.41, 5.74) is 2.75. The van der Waals surface area contributed by atoms with Gasteiger partial charge in [-0.05, 0) is 44.6 Å². The summed E-state index contributed by atoms with van der Waals surface area (Å²) in [5, 5.41) is 0. The van der Waals surface area contributed by atoms with E-state index in [-0.39, 0.29) is 0 Å². The Bertz CT molecular complexity index is 225. The van der Waals surface area contributed by atoms with Crippen LogP contribution in [-0.2, 0) is 4.74 Å². The van der Waals surface area contributed by atoms with E-state index in [4.69, 9.17) is 4.74 Å². The highest BCUT2D eigenvalue weighted by Crippen LogP contribution is 2.27. The largest absolute Gasteiger partial charge is 0.498 e. The fourth-order valence-corrected chi connectivity index (χ4v) is 1.63. The molecule has 1 aliphatic heterocycles. The van der Waals surface area contributed by atoms with Crippen molar-refractivity contribution in [1.82, 2.24) is 0 Å². The summed E-state index contributed by atoms with van der Waals surface area (Å²) in [6.45, 7) is 11.2. The van der Waals surface area contributed by atoms with Crippen molar-refractivity contribution in [2.24, 2.45) is 5.92 Å². The lowest BCUT2D eigenvalue weighted by molar-refractivity contribution is 0.147. The Kier molecular flexibility index (Phi) is 3.58. The third kappa shape index (κ3) is 3.25. The highest BCUT2D eigenvalue weighted by atomic mass is 16.5. The highest BCUT2D eigenvalue weighted by molar-refractivity contribution is 5.11. The van der Waals surface area contributed by atoms with Gasteiger partial charge in [-0.25, -0.2) is 0 Å². The maximum atomic E-state index is 5.58. The summed E-state index contributed by atoms with van der Waals surface area (Å²) in [6, 6.07) is 0. The van der Waals surface area contributed by atoms with E-state index in [2.05, 4.69) is 27.4 Å². The first-order valence-corrected chi connectivity index (χ1v) is 5.05. The Labute approximate surface area is 81.5 Å². The molecule has 0 radical (unpaired) electrons. The van der Waals surface area contributed by atoms with Crippen LogP contribution in [0.15, 0.2) is 23.5 Å². The fraction of sp³-hybridized carbons (Fsp3) is 0.667. The van der Waals surface area contributed by atoms with Crippen LogP contribution in [0.2, 0.25) is 0 Å². The number of hydrogen-bond acceptors (Lipinski definition) is 1. The van der Waals surface area contributed by atoms with Crippen LogP contribution in [0.1, 0.15) is 40.0 Å². The molecular weight excluding hydrogens is 160 g/mol. The highest BCUT2D eigenvalue weighted by Gasteiger charge is 2.15. The molecule has 0 bridgehead atoms. The lowest BCUT2D eigenvalue weighted by Gasteiger charge is -2.24. The predicted molar refractivity (Wildman–Crippen MR) is 56.5 cm³/mol. The zero-order valence-corrected chi connectivity index (χ0v) is 9.02. The lowest BCUT2D eigenvalue weighted by Crippen LogP contribution is -2.13. The zero-order valence-electron chi connectivity index (χ0n) is 9.02. The van der Waals surface area contributed by atoms with Crippen LogP contribution in [0.25, 0.3) is 0 Å². The summed E-state index contributed by atoms with van der Waals surface area (Å²) in [7, 11) is 0. The number of ether oxygens (including phenoxy) is 1. The zero-order chi connectivity index (χ0) is 9.84. The quantitative estimate of drug-likeness (QED) is 0.602. The van der Waals surface area contributed by atoms with Crippen LogP contribution in [0.4, 0.5) is 0 Å². The minimum Gasteiger partial charge on any atom is -0.498 e. The Balaban J connectivity index is 2.50. The van der Waals surface area contributed by atoms with Gasteiger partial charge in [-0.2, -0.15) is 0 Å². The monoisotopic (exact) mass is 180 g/mol. The summed E-state index contributed by atoms with van der Waals surface area (Å²) in [5.74, 6) is 1.84. The van der Waals surface area contributed by atoms with Gasteiger partial charge < -0.3 is 4.74 Å². The van der Waals surface area contributed by atoms with E-state index in [0.29, 0.717) is 5.92 Å². The number of allylic oxidation sites excluding steroid dienone is 3. The summed E-state index contributed by atoms with van der Waals surface area (Å²) < 4.78 is 5.58. The van der Waals surface area contributed by atoms with E-state index in [1.54, 1.807) is 0 Å². The van der Waals surface area contributed by atoms with E-state index < -0.39 is 0 Å². The average molecular weight is 180 g/mol. The average Bonchev–Trinajstić information content (AvgIpc) is 2.06. The Morgan fingerprint density at radius 2 is 2.31 bits per heavy atom. The predicted octanol–water partition coefficient (Wildman–Crippen LogP) is 3.67. The van der Waals surface area contributed by atoms with E-state index in [0.717, 1.165) is 25.2 Å². The van der Waals surface area contributed by atoms with Crippen LogP contribution < -0.4 is 0 Å². The van der Waals surface area contributed by atoms with Crippen LogP contribution in [-0.4, -0.2) is 6.61 Å². The standard InChI is InChI=1S/C12H20O/c1-9(2)5-6-12-7-10(3)8-13-11(12)4/h10H,1,5-8H2,2-4H3. The molecule has 0 fully saturated rings. The maximum Gasteiger partial charge on any atom is 0.0921 e. The number of hydrogen-bond donors (Lipinski definition) is 0. The Hall–Kier alpha value is -0.720. The molecule has 1 unspecified atom stereocenters. The van der Waals surface area contributed by atoms with E-state index in [9.17, 15) is 0 Å². The third-order valence-electron chi connectivity index (χ3n) is 2.53. The fourth-order valence-electron chi connectivity index (χ4n) is 1.63. The van der Waals surface area contributed by atoms with Gasteiger partial charge in [0, 0.05) is 0 Å². The molecule has 74 valence electrons. The van der Waals surface area contributed by atoms with Crippen molar-refractivity contribution in [1.29, 1.82) is 0 Å². The number of rotatable bonds is 3. The normalized spacial score (nSPS) is 22.8. The maximum absolute atomic E-state index is 5.58. The van der Waals surface area contributed by atoms with Gasteiger partial charge >= 0.3 is 0 Å². The van der Waals surface area contributed by atoms with Crippen LogP contribution >= 0.6 is 0 Å². The van der Waals surface area contributed by atoms with Gasteiger partial charge in [0.15, 0.2) is 0 Å². The van der Waals surface area contributed by atoms with Crippen molar-refractivity contribution in [3.8, 4) is 0 Å². The van der Waals surface area contributed by atoms with Gasteiger partial charge in [0.25, 0.3) is 0 Å². The van der Waals surface area contributed by atoms with Gasteiger partial charge in [0.1, 0.15) is 0 Å². The molecule has 0 amide bonds. The summed E-state index contributed by atoms with van der Waals surface area (Å²) in [4.78, 5) is 0. The first kappa shape index (κ1) is 10.4. The van der Waals surface area contributed by atoms with Crippen LogP contribution in [0.3, 0.4) is 0 Å². The van der Waals surface area contributed by atoms with Crippen molar-refractivity contribution in [3.63, 3.8) is 0 Å². The molecule has 13 heavy (non-hydrogen) atoms. The minimum atomic E-state index is 0.684. The van der Waals surface area contributed by atoms with Gasteiger partial charge in [0.2, 0.25) is 0 Å². The molecule has 0 aromatic rings. The smallest absolute Gasteiger partial charge is 0.0921 e. The van der Waals surface area contributed by atoms with Gasteiger partial charge in [-0.1, -0.05) is 12.5 Å². The van der Waals surface area contributed by atoms with Crippen molar-refractivity contribution in [3.05, 3.63) is 23.5 Å². The minimum absolute atomic E-state index is 0.684. The first-order valence-electron chi connectivity index (χ1n) is 5.05. The summed E-state index contributed by atoms with van der Waals surface area (Å²) >= 11 is 0. The molecule has 1 rings (SSSR count). The van der Waals surface area contributed by atoms with Crippen LogP contribution in [0, 0.1) is 5.92 Å². The molecule has 0 spiro atoms. The molecule has 0 aliphatic carbocycles. The van der Waals surface area contributed by atoms with Crippen molar-refractivity contribution in [2.45, 2.75) is 40.0 Å². The van der Waals surface area contributed by atoms with Gasteiger partial charge in [-0.15, -0.1) is 6.58 Å². The van der Waals surface area contributed by atoms with Crippen LogP contribution in [0.5, 0.6) is 0 Å². The topological polar surface area (TPSA) is 9.23 Å². The first-order chi connectivity index (χ1) is 6.09. The lowest BCUT2D eigenvalue weighted by atomic mass is 9.94. The van der Waals surface area contributed by atoms with E-state index in [1.807, 2.05) is 0 Å². The second-order valence-corrected chi connectivity index (χ2v) is 4.24. The third-order valence-corrected chi connectivity index (χ3v) is 2.53. The summed E-state index contributed by atoms with van der Waals surface area (Å²) in [6.07, 6.45) is 3.44. The second-order valence-electron chi connectivity index (χ2n) is 4.24. The molecule has 0 saturated heterocycles. The van der Waals surface area contributed by atoms with E-state index in [1.165, 1.54) is 17.6 Å². The second kappa shape index (κ2) is 4.50. The molecule has 1 nitrogen and oxygen atoms in total. The Morgan fingerprint density at radius 1 is 1.62 bits per heavy atom. The molecule has 0 saturated carbocycles. The molecule has 1 atom stereocenters. The van der Waals surface area contributed by atoms with Crippen molar-refractivity contribution in [2.75, 3.05) is 6.61 Å². The SMILES string of the molecule is C=C(C)CCC1=C(C)OCC(C)C1. The van der Waals surface area contributed by atoms with E-state index >= 15 is 0 Å². The Morgan fingerprint density at radius 3 is 2.92 bits per heavy atom. The molecule has 1 heteroatoms. The van der Waals surface area contributed by atoms with Crippen molar-refractivity contribution < 1.29 is 4.74 Å². The molecular formula is C12H20O. The molecule has 0 aromatic heterocycles. The molecule has 0 N–H and O–H groups in total. The molecule has 1 heterocycles.